The first-order valence-electron chi connectivity index (χ1n) is 5.14. The first-order valence-corrected chi connectivity index (χ1v) is 5.14. The molecule has 0 aliphatic heterocycles. The molecule has 14 heavy (non-hydrogen) atoms. The fourth-order valence-electron chi connectivity index (χ4n) is 1.94. The molecule has 0 aromatic carbocycles. The van der Waals surface area contributed by atoms with Gasteiger partial charge in [0.15, 0.2) is 0 Å². The smallest absolute Gasteiger partial charge is 0.122 e. The van der Waals surface area contributed by atoms with Gasteiger partial charge in [0, 0.05) is 12.7 Å². The molecule has 1 aromatic heterocycles. The van der Waals surface area contributed by atoms with Crippen molar-refractivity contribution in [1.29, 1.82) is 0 Å². The highest BCUT2D eigenvalue weighted by molar-refractivity contribution is 5.31. The zero-order valence-electron chi connectivity index (χ0n) is 8.73. The third-order valence-corrected chi connectivity index (χ3v) is 2.70. The second-order valence-corrected chi connectivity index (χ2v) is 3.86. The summed E-state index contributed by atoms with van der Waals surface area (Å²) in [4.78, 5) is 0. The Morgan fingerprint density at radius 1 is 1.64 bits per heavy atom. The van der Waals surface area contributed by atoms with E-state index in [1.54, 1.807) is 0 Å². The maximum Gasteiger partial charge on any atom is 0.122 e. The second kappa shape index (κ2) is 3.61. The highest BCUT2D eigenvalue weighted by Gasteiger charge is 2.32. The van der Waals surface area contributed by atoms with Gasteiger partial charge < -0.3 is 10.5 Å². The van der Waals surface area contributed by atoms with Crippen LogP contribution in [0.15, 0.2) is 6.07 Å². The molecule has 1 aromatic rings. The zero-order chi connectivity index (χ0) is 10.1. The highest BCUT2D eigenvalue weighted by Crippen LogP contribution is 2.35. The molecule has 1 fully saturated rings. The van der Waals surface area contributed by atoms with Crippen LogP contribution in [-0.4, -0.2) is 22.5 Å². The summed E-state index contributed by atoms with van der Waals surface area (Å²) >= 11 is 0. The topological polar surface area (TPSA) is 53.1 Å². The first-order chi connectivity index (χ1) is 6.70. The Hall–Kier alpha value is -1.03. The van der Waals surface area contributed by atoms with Crippen LogP contribution in [0.4, 0.5) is 5.82 Å². The lowest BCUT2D eigenvalue weighted by molar-refractivity contribution is -0.0221. The maximum absolute atomic E-state index is 5.83. The molecule has 1 heterocycles. The zero-order valence-corrected chi connectivity index (χ0v) is 8.73. The lowest BCUT2D eigenvalue weighted by Gasteiger charge is -2.35. The van der Waals surface area contributed by atoms with Gasteiger partial charge in [-0.2, -0.15) is 5.10 Å². The van der Waals surface area contributed by atoms with Gasteiger partial charge >= 0.3 is 0 Å². The standard InChI is InChI=1S/C10H17N3O/c1-3-14-9-5-8(6-9)13-10(11)4-7(2)12-13/h4,8-9H,3,5-6,11H2,1-2H3. The SMILES string of the molecule is CCOC1CC(n2nc(C)cc2N)C1. The van der Waals surface area contributed by atoms with Crippen molar-refractivity contribution in [3.8, 4) is 0 Å². The quantitative estimate of drug-likeness (QED) is 0.795. The lowest BCUT2D eigenvalue weighted by Crippen LogP contribution is -2.34. The number of aromatic nitrogens is 2. The van der Waals surface area contributed by atoms with E-state index in [2.05, 4.69) is 5.10 Å². The van der Waals surface area contributed by atoms with Crippen LogP contribution >= 0.6 is 0 Å². The molecule has 0 amide bonds. The summed E-state index contributed by atoms with van der Waals surface area (Å²) in [5.74, 6) is 0.766. The normalized spacial score (nSPS) is 26.1. The largest absolute Gasteiger partial charge is 0.384 e. The molecular weight excluding hydrogens is 178 g/mol. The van der Waals surface area contributed by atoms with E-state index < -0.39 is 0 Å². The fraction of sp³-hybridized carbons (Fsp3) is 0.700. The number of rotatable bonds is 3. The summed E-state index contributed by atoms with van der Waals surface area (Å²) in [5, 5.41) is 4.36. The first kappa shape index (κ1) is 9.52. The monoisotopic (exact) mass is 195 g/mol. The van der Waals surface area contributed by atoms with Crippen molar-refractivity contribution in [2.75, 3.05) is 12.3 Å². The minimum atomic E-state index is 0.411. The summed E-state index contributed by atoms with van der Waals surface area (Å²) < 4.78 is 7.42. The number of ether oxygens (including phenoxy) is 1. The fourth-order valence-corrected chi connectivity index (χ4v) is 1.94. The molecule has 0 spiro atoms. The maximum atomic E-state index is 5.83. The Morgan fingerprint density at radius 2 is 2.36 bits per heavy atom. The van der Waals surface area contributed by atoms with E-state index in [1.807, 2.05) is 24.6 Å². The van der Waals surface area contributed by atoms with E-state index in [-0.39, 0.29) is 0 Å². The second-order valence-electron chi connectivity index (χ2n) is 3.86. The minimum Gasteiger partial charge on any atom is -0.384 e. The van der Waals surface area contributed by atoms with Crippen molar-refractivity contribution >= 4 is 5.82 Å². The third kappa shape index (κ3) is 1.62. The number of nitrogen functional groups attached to an aromatic ring is 1. The van der Waals surface area contributed by atoms with Crippen molar-refractivity contribution in [3.63, 3.8) is 0 Å². The van der Waals surface area contributed by atoms with Crippen LogP contribution in [0.1, 0.15) is 31.5 Å². The van der Waals surface area contributed by atoms with Crippen LogP contribution in [-0.2, 0) is 4.74 Å². The van der Waals surface area contributed by atoms with Crippen molar-refractivity contribution in [2.45, 2.75) is 38.8 Å². The van der Waals surface area contributed by atoms with Gasteiger partial charge in [-0.15, -0.1) is 0 Å². The van der Waals surface area contributed by atoms with Gasteiger partial charge in [-0.1, -0.05) is 0 Å². The Labute approximate surface area is 84.0 Å². The summed E-state index contributed by atoms with van der Waals surface area (Å²) in [7, 11) is 0. The highest BCUT2D eigenvalue weighted by atomic mass is 16.5. The molecule has 2 N–H and O–H groups in total. The van der Waals surface area contributed by atoms with E-state index in [9.17, 15) is 0 Å². The van der Waals surface area contributed by atoms with Gasteiger partial charge in [0.2, 0.25) is 0 Å². The molecule has 0 atom stereocenters. The van der Waals surface area contributed by atoms with Gasteiger partial charge in [-0.25, -0.2) is 4.68 Å². The van der Waals surface area contributed by atoms with E-state index in [1.165, 1.54) is 0 Å². The number of nitrogens with two attached hydrogens (primary N) is 1. The van der Waals surface area contributed by atoms with Crippen molar-refractivity contribution in [1.82, 2.24) is 9.78 Å². The van der Waals surface area contributed by atoms with E-state index >= 15 is 0 Å². The predicted molar refractivity (Wildman–Crippen MR) is 55.1 cm³/mol. The lowest BCUT2D eigenvalue weighted by atomic mass is 9.89. The summed E-state index contributed by atoms with van der Waals surface area (Å²) in [6, 6.07) is 2.36. The van der Waals surface area contributed by atoms with Crippen molar-refractivity contribution in [2.24, 2.45) is 0 Å². The Bertz CT molecular complexity index is 315. The summed E-state index contributed by atoms with van der Waals surface area (Å²) in [6.07, 6.45) is 2.49. The molecule has 0 bridgehead atoms. The van der Waals surface area contributed by atoms with E-state index in [4.69, 9.17) is 10.5 Å². The number of anilines is 1. The summed E-state index contributed by atoms with van der Waals surface area (Å²) in [6.45, 7) is 4.79. The molecule has 4 heteroatoms. The van der Waals surface area contributed by atoms with Gasteiger partial charge in [-0.3, -0.25) is 0 Å². The van der Waals surface area contributed by atoms with Crippen LogP contribution in [0.3, 0.4) is 0 Å². The molecule has 4 nitrogen and oxygen atoms in total. The van der Waals surface area contributed by atoms with E-state index in [0.29, 0.717) is 12.1 Å². The molecule has 2 rings (SSSR count). The number of aryl methyl sites for hydroxylation is 1. The van der Waals surface area contributed by atoms with E-state index in [0.717, 1.165) is 31.0 Å². The minimum absolute atomic E-state index is 0.411. The number of hydrogen-bond acceptors (Lipinski definition) is 3. The van der Waals surface area contributed by atoms with Gasteiger partial charge in [0.1, 0.15) is 5.82 Å². The Balaban J connectivity index is 1.96. The van der Waals surface area contributed by atoms with Crippen LogP contribution in [0.2, 0.25) is 0 Å². The Morgan fingerprint density at radius 3 is 2.86 bits per heavy atom. The van der Waals surface area contributed by atoms with Gasteiger partial charge in [-0.05, 0) is 26.7 Å². The van der Waals surface area contributed by atoms with Crippen LogP contribution in [0, 0.1) is 6.92 Å². The molecular formula is C10H17N3O. The van der Waals surface area contributed by atoms with Crippen molar-refractivity contribution < 1.29 is 4.74 Å². The summed E-state index contributed by atoms with van der Waals surface area (Å²) in [5.41, 5.74) is 6.82. The van der Waals surface area contributed by atoms with Gasteiger partial charge in [0.05, 0.1) is 17.8 Å². The Kier molecular flexibility index (Phi) is 2.46. The molecule has 1 saturated carbocycles. The predicted octanol–water partition coefficient (Wildman–Crippen LogP) is 1.51. The number of nitrogens with zero attached hydrogens (tertiary/aromatic N) is 2. The molecule has 0 unspecified atom stereocenters. The van der Waals surface area contributed by atoms with Crippen LogP contribution < -0.4 is 5.73 Å². The molecule has 1 aliphatic carbocycles. The molecule has 1 aliphatic rings. The molecule has 0 saturated heterocycles. The molecule has 0 radical (unpaired) electrons. The molecule has 78 valence electrons. The van der Waals surface area contributed by atoms with Crippen LogP contribution in [0.25, 0.3) is 0 Å². The van der Waals surface area contributed by atoms with Crippen molar-refractivity contribution in [3.05, 3.63) is 11.8 Å². The average molecular weight is 195 g/mol. The average Bonchev–Trinajstić information content (AvgIpc) is 2.37. The van der Waals surface area contributed by atoms with Crippen LogP contribution in [0.5, 0.6) is 0 Å². The number of hydrogen-bond donors (Lipinski definition) is 1. The third-order valence-electron chi connectivity index (χ3n) is 2.70. The van der Waals surface area contributed by atoms with Gasteiger partial charge in [0.25, 0.3) is 0 Å².